The van der Waals surface area contributed by atoms with E-state index in [0.717, 1.165) is 16.9 Å². The fourth-order valence-corrected chi connectivity index (χ4v) is 2.26. The molecule has 0 saturated carbocycles. The van der Waals surface area contributed by atoms with Gasteiger partial charge in [0.05, 0.1) is 0 Å². The Balaban J connectivity index is 2.25. The molecule has 4 heteroatoms. The number of nitrogens with zero attached hydrogens (tertiary/aromatic N) is 2. The van der Waals surface area contributed by atoms with Crippen LogP contribution in [0.4, 0.5) is 0 Å². The third-order valence-electron chi connectivity index (χ3n) is 3.40. The summed E-state index contributed by atoms with van der Waals surface area (Å²) in [5.74, 6) is 1.19. The highest BCUT2D eigenvalue weighted by molar-refractivity contribution is 6.12. The van der Waals surface area contributed by atoms with Crippen molar-refractivity contribution in [2.75, 3.05) is 0 Å². The van der Waals surface area contributed by atoms with Gasteiger partial charge in [-0.05, 0) is 23.1 Å². The molecule has 0 bridgehead atoms. The summed E-state index contributed by atoms with van der Waals surface area (Å²) in [5.41, 5.74) is 2.50. The highest BCUT2D eigenvalue weighted by atomic mass is 16.5. The topological polar surface area (TPSA) is 65.6 Å². The van der Waals surface area contributed by atoms with E-state index in [1.54, 1.807) is 12.1 Å². The Bertz CT molecular complexity index is 715. The maximum absolute atomic E-state index is 9.02. The van der Waals surface area contributed by atoms with E-state index in [1.165, 1.54) is 0 Å². The fraction of sp³-hybridized carbons (Fsp3) is 0.222. The van der Waals surface area contributed by atoms with Gasteiger partial charge in [0.1, 0.15) is 18.4 Å². The SMILES string of the molecule is CC(C)c1ccccc1OCc1ccccc1/C(C#N)=N\O. The van der Waals surface area contributed by atoms with Gasteiger partial charge in [0, 0.05) is 5.56 Å². The minimum atomic E-state index is -0.0173. The smallest absolute Gasteiger partial charge is 0.187 e. The molecule has 2 rings (SSSR count). The Kier molecular flexibility index (Phi) is 5.16. The van der Waals surface area contributed by atoms with Crippen LogP contribution in [0.15, 0.2) is 53.7 Å². The van der Waals surface area contributed by atoms with Crippen molar-refractivity contribution < 1.29 is 9.94 Å². The van der Waals surface area contributed by atoms with Gasteiger partial charge in [-0.25, -0.2) is 0 Å². The monoisotopic (exact) mass is 294 g/mol. The summed E-state index contributed by atoms with van der Waals surface area (Å²) in [6, 6.07) is 17.0. The second-order valence-electron chi connectivity index (χ2n) is 5.20. The van der Waals surface area contributed by atoms with Crippen LogP contribution in [0.3, 0.4) is 0 Å². The first kappa shape index (κ1) is 15.6. The van der Waals surface area contributed by atoms with Gasteiger partial charge in [0.2, 0.25) is 0 Å². The van der Waals surface area contributed by atoms with Crippen LogP contribution >= 0.6 is 0 Å². The first-order valence-corrected chi connectivity index (χ1v) is 7.09. The zero-order chi connectivity index (χ0) is 15.9. The second kappa shape index (κ2) is 7.28. The lowest BCUT2D eigenvalue weighted by Gasteiger charge is -2.15. The summed E-state index contributed by atoms with van der Waals surface area (Å²) in [7, 11) is 0. The van der Waals surface area contributed by atoms with Gasteiger partial charge in [0.25, 0.3) is 0 Å². The third-order valence-corrected chi connectivity index (χ3v) is 3.40. The van der Waals surface area contributed by atoms with Crippen molar-refractivity contribution in [2.24, 2.45) is 5.16 Å². The highest BCUT2D eigenvalue weighted by Gasteiger charge is 2.11. The number of ether oxygens (including phenoxy) is 1. The average molecular weight is 294 g/mol. The third kappa shape index (κ3) is 3.44. The van der Waals surface area contributed by atoms with Crippen LogP contribution in [-0.4, -0.2) is 10.9 Å². The summed E-state index contributed by atoms with van der Waals surface area (Å²) < 4.78 is 5.92. The molecule has 2 aromatic rings. The van der Waals surface area contributed by atoms with Crippen molar-refractivity contribution in [3.8, 4) is 11.8 Å². The first-order chi connectivity index (χ1) is 10.7. The van der Waals surface area contributed by atoms with Crippen LogP contribution < -0.4 is 4.74 Å². The number of para-hydroxylation sites is 1. The van der Waals surface area contributed by atoms with Gasteiger partial charge in [-0.15, -0.1) is 0 Å². The predicted molar refractivity (Wildman–Crippen MR) is 85.2 cm³/mol. The molecule has 0 atom stereocenters. The molecule has 0 aliphatic heterocycles. The van der Waals surface area contributed by atoms with Gasteiger partial charge in [-0.2, -0.15) is 5.26 Å². The molecular formula is C18H18N2O2. The van der Waals surface area contributed by atoms with Gasteiger partial charge in [-0.1, -0.05) is 61.5 Å². The minimum Gasteiger partial charge on any atom is -0.489 e. The Morgan fingerprint density at radius 1 is 1.18 bits per heavy atom. The zero-order valence-corrected chi connectivity index (χ0v) is 12.7. The predicted octanol–water partition coefficient (Wildman–Crippen LogP) is 4.09. The number of rotatable bonds is 5. The highest BCUT2D eigenvalue weighted by Crippen LogP contribution is 2.27. The molecule has 0 unspecified atom stereocenters. The van der Waals surface area contributed by atoms with Crippen molar-refractivity contribution in [3.05, 3.63) is 65.2 Å². The quantitative estimate of drug-likeness (QED) is 0.513. The van der Waals surface area contributed by atoms with Crippen molar-refractivity contribution >= 4 is 5.71 Å². The summed E-state index contributed by atoms with van der Waals surface area (Å²) >= 11 is 0. The summed E-state index contributed by atoms with van der Waals surface area (Å²) in [4.78, 5) is 0. The largest absolute Gasteiger partial charge is 0.489 e. The van der Waals surface area contributed by atoms with Gasteiger partial charge >= 0.3 is 0 Å². The average Bonchev–Trinajstić information content (AvgIpc) is 2.55. The number of hydrogen-bond acceptors (Lipinski definition) is 4. The summed E-state index contributed by atoms with van der Waals surface area (Å²) in [6.07, 6.45) is 0. The Hall–Kier alpha value is -2.80. The molecule has 0 spiro atoms. The molecule has 2 aromatic carbocycles. The van der Waals surface area contributed by atoms with Gasteiger partial charge in [0.15, 0.2) is 5.71 Å². The number of hydrogen-bond donors (Lipinski definition) is 1. The molecule has 0 amide bonds. The van der Waals surface area contributed by atoms with Crippen LogP contribution in [0.5, 0.6) is 5.75 Å². The standard InChI is InChI=1S/C18H18N2O2/c1-13(2)15-8-5-6-10-18(15)22-12-14-7-3-4-9-16(14)17(11-19)20-21/h3-10,13,21H,12H2,1-2H3/b20-17-. The van der Waals surface area contributed by atoms with Crippen LogP contribution in [0.25, 0.3) is 0 Å². The zero-order valence-electron chi connectivity index (χ0n) is 12.7. The van der Waals surface area contributed by atoms with E-state index in [9.17, 15) is 0 Å². The van der Waals surface area contributed by atoms with E-state index in [-0.39, 0.29) is 5.71 Å². The van der Waals surface area contributed by atoms with E-state index in [0.29, 0.717) is 18.1 Å². The van der Waals surface area contributed by atoms with Crippen LogP contribution in [0, 0.1) is 11.3 Å². The minimum absolute atomic E-state index is 0.0173. The molecule has 4 nitrogen and oxygen atoms in total. The van der Waals surface area contributed by atoms with Crippen LogP contribution in [0.1, 0.15) is 36.5 Å². The van der Waals surface area contributed by atoms with E-state index in [2.05, 4.69) is 19.0 Å². The van der Waals surface area contributed by atoms with E-state index < -0.39 is 0 Å². The molecule has 112 valence electrons. The van der Waals surface area contributed by atoms with E-state index in [1.807, 2.05) is 42.5 Å². The molecule has 0 aromatic heterocycles. The number of benzene rings is 2. The van der Waals surface area contributed by atoms with Crippen molar-refractivity contribution in [1.82, 2.24) is 0 Å². The van der Waals surface area contributed by atoms with Crippen molar-refractivity contribution in [2.45, 2.75) is 26.4 Å². The van der Waals surface area contributed by atoms with Crippen molar-refractivity contribution in [3.63, 3.8) is 0 Å². The lowest BCUT2D eigenvalue weighted by Crippen LogP contribution is -2.06. The molecule has 1 N–H and O–H groups in total. The molecule has 0 radical (unpaired) electrons. The number of nitriles is 1. The molecule has 22 heavy (non-hydrogen) atoms. The lowest BCUT2D eigenvalue weighted by atomic mass is 10.0. The molecule has 0 heterocycles. The molecule has 0 aliphatic rings. The van der Waals surface area contributed by atoms with Crippen LogP contribution in [0.2, 0.25) is 0 Å². The van der Waals surface area contributed by atoms with E-state index >= 15 is 0 Å². The molecule has 0 saturated heterocycles. The second-order valence-corrected chi connectivity index (χ2v) is 5.20. The number of oxime groups is 1. The Morgan fingerprint density at radius 2 is 1.86 bits per heavy atom. The van der Waals surface area contributed by atoms with Gasteiger partial charge in [-0.3, -0.25) is 0 Å². The maximum atomic E-state index is 9.02. The molecular weight excluding hydrogens is 276 g/mol. The van der Waals surface area contributed by atoms with Gasteiger partial charge < -0.3 is 9.94 Å². The van der Waals surface area contributed by atoms with Crippen molar-refractivity contribution in [1.29, 1.82) is 5.26 Å². The fourth-order valence-electron chi connectivity index (χ4n) is 2.26. The maximum Gasteiger partial charge on any atom is 0.187 e. The molecule has 0 fully saturated rings. The summed E-state index contributed by atoms with van der Waals surface area (Å²) in [5, 5.41) is 21.0. The Morgan fingerprint density at radius 3 is 2.55 bits per heavy atom. The summed E-state index contributed by atoms with van der Waals surface area (Å²) in [6.45, 7) is 4.53. The molecule has 0 aliphatic carbocycles. The lowest BCUT2D eigenvalue weighted by molar-refractivity contribution is 0.301. The van der Waals surface area contributed by atoms with Crippen LogP contribution in [-0.2, 0) is 6.61 Å². The normalized spacial score (nSPS) is 11.3. The van der Waals surface area contributed by atoms with E-state index in [4.69, 9.17) is 15.2 Å². The first-order valence-electron chi connectivity index (χ1n) is 7.09. The Labute approximate surface area is 130 Å².